The average Bonchev–Trinajstić information content (AvgIpc) is 2.69. The van der Waals surface area contributed by atoms with Crippen LogP contribution in [0.4, 0.5) is 0 Å². The number of ether oxygens (including phenoxy) is 2. The van der Waals surface area contributed by atoms with Crippen molar-refractivity contribution >= 4 is 12.6 Å². The summed E-state index contributed by atoms with van der Waals surface area (Å²) in [4.78, 5) is 0. The molecule has 0 saturated carbocycles. The lowest BCUT2D eigenvalue weighted by molar-refractivity contribution is 0.00578. The van der Waals surface area contributed by atoms with Crippen molar-refractivity contribution in [3.05, 3.63) is 18.2 Å². The highest BCUT2D eigenvalue weighted by atomic mass is 16.7. The van der Waals surface area contributed by atoms with Gasteiger partial charge in [-0.15, -0.1) is 0 Å². The molecule has 0 aromatic heterocycles. The van der Waals surface area contributed by atoms with Crippen LogP contribution < -0.4 is 14.9 Å². The third kappa shape index (κ3) is 1.69. The van der Waals surface area contributed by atoms with Gasteiger partial charge in [0.05, 0.1) is 11.2 Å². The number of fused-ring (bicyclic) bond motifs is 1. The predicted octanol–water partition coefficient (Wildman–Crippen LogP) is 1.71. The Hall–Kier alpha value is -1.20. The second kappa shape index (κ2) is 3.65. The molecule has 3 rings (SSSR count). The maximum atomic E-state index is 7.44. The summed E-state index contributed by atoms with van der Waals surface area (Å²) in [6, 6.07) is 5.16. The van der Waals surface area contributed by atoms with Gasteiger partial charge in [0.25, 0.3) is 0 Å². The third-order valence-corrected chi connectivity index (χ3v) is 3.80. The van der Waals surface area contributed by atoms with Crippen molar-refractivity contribution in [3.63, 3.8) is 0 Å². The molecule has 18 heavy (non-hydrogen) atoms. The predicted molar refractivity (Wildman–Crippen MR) is 68.3 cm³/mol. The Morgan fingerprint density at radius 2 is 1.67 bits per heavy atom. The number of hydrogen-bond acceptors (Lipinski definition) is 4. The normalized spacial score (nSPS) is 27.9. The molecule has 2 aliphatic heterocycles. The Kier molecular flexibility index (Phi) is 1.97. The van der Waals surface area contributed by atoms with Gasteiger partial charge in [-0.05, 0) is 45.3 Å². The molecule has 1 saturated heterocycles. The smallest absolute Gasteiger partial charge is 0.454 e. The van der Waals surface area contributed by atoms with Crippen LogP contribution in [0.1, 0.15) is 30.4 Å². The molecule has 96 valence electrons. The van der Waals surface area contributed by atoms with E-state index in [1.54, 1.807) is 18.2 Å². The van der Waals surface area contributed by atoms with Gasteiger partial charge in [-0.1, -0.05) is 6.07 Å². The van der Waals surface area contributed by atoms with Crippen molar-refractivity contribution in [2.45, 2.75) is 38.9 Å². The van der Waals surface area contributed by atoms with Crippen LogP contribution in [0.3, 0.4) is 0 Å². The first-order valence-corrected chi connectivity index (χ1v) is 5.97. The molecule has 0 bridgehead atoms. The maximum absolute atomic E-state index is 7.44. The molecule has 5 heteroatoms. The van der Waals surface area contributed by atoms with Gasteiger partial charge in [0.2, 0.25) is 6.75 Å². The van der Waals surface area contributed by atoms with E-state index in [-0.39, 0.29) is 0 Å². The summed E-state index contributed by atoms with van der Waals surface area (Å²) in [7, 11) is -0.500. The molecule has 4 nitrogen and oxygen atoms in total. The summed E-state index contributed by atoms with van der Waals surface area (Å²) in [6.07, 6.45) is 0. The van der Waals surface area contributed by atoms with Crippen molar-refractivity contribution in [2.24, 2.45) is 0 Å². The van der Waals surface area contributed by atoms with Crippen LogP contribution >= 0.6 is 0 Å². The fraction of sp³-hybridized carbons (Fsp3) is 0.538. The fourth-order valence-corrected chi connectivity index (χ4v) is 1.93. The van der Waals surface area contributed by atoms with Crippen LogP contribution in [0.25, 0.3) is 0 Å². The van der Waals surface area contributed by atoms with Gasteiger partial charge in [0.15, 0.2) is 11.5 Å². The van der Waals surface area contributed by atoms with Gasteiger partial charge in [-0.2, -0.15) is 0 Å². The van der Waals surface area contributed by atoms with Crippen LogP contribution in [-0.4, -0.2) is 25.1 Å². The maximum Gasteiger partial charge on any atom is 0.494 e. The number of rotatable bonds is 1. The van der Waals surface area contributed by atoms with Crippen LogP contribution in [0.5, 0.6) is 11.5 Å². The third-order valence-electron chi connectivity index (χ3n) is 3.80. The van der Waals surface area contributed by atoms with Crippen LogP contribution in [-0.2, 0) is 9.31 Å². The first-order valence-electron chi connectivity index (χ1n) is 6.97. The van der Waals surface area contributed by atoms with E-state index in [0.717, 1.165) is 5.46 Å². The summed E-state index contributed by atoms with van der Waals surface area (Å²) in [5, 5.41) is 0. The number of hydrogen-bond donors (Lipinski definition) is 0. The monoisotopic (exact) mass is 250 g/mol. The fourth-order valence-electron chi connectivity index (χ4n) is 1.93. The van der Waals surface area contributed by atoms with E-state index < -0.39 is 25.1 Å². The van der Waals surface area contributed by atoms with E-state index in [9.17, 15) is 0 Å². The van der Waals surface area contributed by atoms with Crippen molar-refractivity contribution in [1.29, 1.82) is 0 Å². The van der Waals surface area contributed by atoms with Gasteiger partial charge < -0.3 is 18.8 Å². The lowest BCUT2D eigenvalue weighted by atomic mass is 9.79. The summed E-state index contributed by atoms with van der Waals surface area (Å²) >= 11 is 0. The molecule has 2 heterocycles. The average molecular weight is 250 g/mol. The van der Waals surface area contributed by atoms with Crippen molar-refractivity contribution in [3.8, 4) is 11.5 Å². The molecule has 0 atom stereocenters. The first kappa shape index (κ1) is 9.70. The molecule has 0 amide bonds. The summed E-state index contributed by atoms with van der Waals surface area (Å²) in [5.74, 6) is 0.748. The molecule has 2 aliphatic rings. The van der Waals surface area contributed by atoms with Crippen molar-refractivity contribution < 1.29 is 21.5 Å². The van der Waals surface area contributed by atoms with E-state index in [1.807, 2.05) is 27.7 Å². The molecule has 0 spiro atoms. The Labute approximate surface area is 110 Å². The molecule has 0 N–H and O–H groups in total. The van der Waals surface area contributed by atoms with Gasteiger partial charge in [-0.25, -0.2) is 0 Å². The molecule has 1 aromatic rings. The molecule has 0 unspecified atom stereocenters. The SMILES string of the molecule is [2H]C1([2H])Oc2ccc(B3OC(C)(C)C(C)(C)O3)cc2O1. The second-order valence-electron chi connectivity index (χ2n) is 5.58. The van der Waals surface area contributed by atoms with Crippen molar-refractivity contribution in [2.75, 3.05) is 6.75 Å². The molecular weight excluding hydrogens is 231 g/mol. The minimum absolute atomic E-state index is 0.363. The lowest BCUT2D eigenvalue weighted by Gasteiger charge is -2.32. The van der Waals surface area contributed by atoms with E-state index in [4.69, 9.17) is 21.5 Å². The lowest BCUT2D eigenvalue weighted by Crippen LogP contribution is -2.41. The number of benzene rings is 1. The molecule has 0 aliphatic carbocycles. The Morgan fingerprint density at radius 1 is 1.06 bits per heavy atom. The minimum atomic E-state index is -2.11. The quantitative estimate of drug-likeness (QED) is 0.711. The molecule has 0 radical (unpaired) electrons. The highest BCUT2D eigenvalue weighted by molar-refractivity contribution is 6.62. The largest absolute Gasteiger partial charge is 0.494 e. The topological polar surface area (TPSA) is 36.9 Å². The zero-order valence-electron chi connectivity index (χ0n) is 12.9. The molecule has 1 fully saturated rings. The zero-order valence-corrected chi connectivity index (χ0v) is 10.9. The highest BCUT2D eigenvalue weighted by Gasteiger charge is 2.51. The summed E-state index contributed by atoms with van der Waals surface area (Å²) < 4.78 is 36.9. The standard InChI is InChI=1S/C13H17BO4/c1-12(2)13(3,4)18-14(17-12)9-5-6-10-11(7-9)16-8-15-10/h5-7H,8H2,1-4H3/i8D2. The highest BCUT2D eigenvalue weighted by Crippen LogP contribution is 2.37. The van der Waals surface area contributed by atoms with Gasteiger partial charge in [-0.3, -0.25) is 0 Å². The van der Waals surface area contributed by atoms with Crippen LogP contribution in [0.15, 0.2) is 18.2 Å². The minimum Gasteiger partial charge on any atom is -0.454 e. The molecule has 1 aromatic carbocycles. The van der Waals surface area contributed by atoms with Gasteiger partial charge in [0.1, 0.15) is 2.74 Å². The zero-order chi connectivity index (χ0) is 14.8. The second-order valence-corrected chi connectivity index (χ2v) is 5.58. The Morgan fingerprint density at radius 3 is 2.33 bits per heavy atom. The van der Waals surface area contributed by atoms with E-state index >= 15 is 0 Å². The Balaban J connectivity index is 1.88. The summed E-state index contributed by atoms with van der Waals surface area (Å²) in [6.45, 7) is 5.82. The van der Waals surface area contributed by atoms with E-state index in [1.165, 1.54) is 0 Å². The summed E-state index contributed by atoms with van der Waals surface area (Å²) in [5.41, 5.74) is -0.0469. The van der Waals surface area contributed by atoms with Crippen LogP contribution in [0, 0.1) is 0 Å². The van der Waals surface area contributed by atoms with Gasteiger partial charge in [0, 0.05) is 0 Å². The van der Waals surface area contributed by atoms with Gasteiger partial charge >= 0.3 is 7.12 Å². The Bertz CT molecular complexity index is 543. The van der Waals surface area contributed by atoms with Crippen LogP contribution in [0.2, 0.25) is 0 Å². The van der Waals surface area contributed by atoms with Crippen molar-refractivity contribution in [1.82, 2.24) is 0 Å². The van der Waals surface area contributed by atoms with E-state index in [0.29, 0.717) is 11.5 Å². The first-order chi connectivity index (χ1) is 9.10. The van der Waals surface area contributed by atoms with E-state index in [2.05, 4.69) is 0 Å². The molecular formula is C13H17BO4.